The zero-order valence-corrected chi connectivity index (χ0v) is 9.81. The molecule has 0 aromatic carbocycles. The maximum absolute atomic E-state index is 5.35. The van der Waals surface area contributed by atoms with E-state index in [9.17, 15) is 0 Å². The van der Waals surface area contributed by atoms with Gasteiger partial charge in [0.05, 0.1) is 11.7 Å². The van der Waals surface area contributed by atoms with Crippen molar-refractivity contribution in [3.8, 4) is 11.5 Å². The van der Waals surface area contributed by atoms with Crippen LogP contribution >= 0.6 is 0 Å². The van der Waals surface area contributed by atoms with Crippen molar-refractivity contribution in [3.63, 3.8) is 0 Å². The van der Waals surface area contributed by atoms with Gasteiger partial charge in [-0.05, 0) is 37.4 Å². The molecule has 0 bridgehead atoms. The molecule has 0 radical (unpaired) electrons. The Morgan fingerprint density at radius 2 is 2.41 bits per heavy atom. The Kier molecular flexibility index (Phi) is 2.68. The molecule has 0 amide bonds. The van der Waals surface area contributed by atoms with E-state index < -0.39 is 0 Å². The van der Waals surface area contributed by atoms with Crippen molar-refractivity contribution in [1.29, 1.82) is 0 Å². The third-order valence-corrected chi connectivity index (χ3v) is 3.32. The number of aromatic nitrogens is 3. The number of piperidine rings is 1. The minimum Gasteiger partial charge on any atom is -0.359 e. The highest BCUT2D eigenvalue weighted by Crippen LogP contribution is 2.28. The third-order valence-electron chi connectivity index (χ3n) is 3.32. The monoisotopic (exact) mass is 232 g/mol. The fourth-order valence-electron chi connectivity index (χ4n) is 2.32. The molecule has 1 aliphatic heterocycles. The molecule has 17 heavy (non-hydrogen) atoms. The second-order valence-corrected chi connectivity index (χ2v) is 4.59. The van der Waals surface area contributed by atoms with Crippen LogP contribution in [0, 0.1) is 5.92 Å². The van der Waals surface area contributed by atoms with Gasteiger partial charge in [0, 0.05) is 6.20 Å². The molecule has 2 aromatic heterocycles. The Hall–Kier alpha value is -1.62. The summed E-state index contributed by atoms with van der Waals surface area (Å²) in [6.07, 6.45) is 4.28. The highest BCUT2D eigenvalue weighted by molar-refractivity contribution is 5.47. The highest BCUT2D eigenvalue weighted by Gasteiger charge is 2.27. The van der Waals surface area contributed by atoms with Gasteiger partial charge in [-0.2, -0.15) is 4.98 Å². The summed E-state index contributed by atoms with van der Waals surface area (Å²) in [5, 5.41) is 7.45. The van der Waals surface area contributed by atoms with Crippen LogP contribution in [-0.4, -0.2) is 21.7 Å². The lowest BCUT2D eigenvalue weighted by molar-refractivity contribution is 0.239. The molecule has 1 aliphatic rings. The zero-order valence-electron chi connectivity index (χ0n) is 9.81. The summed E-state index contributed by atoms with van der Waals surface area (Å²) in [6, 6.07) is 4.05. The Morgan fingerprint density at radius 3 is 3.18 bits per heavy atom. The minimum absolute atomic E-state index is 0.194. The largest absolute Gasteiger partial charge is 0.359 e. The summed E-state index contributed by atoms with van der Waals surface area (Å²) in [5.41, 5.74) is 0.892. The molecule has 2 unspecified atom stereocenters. The smallest absolute Gasteiger partial charge is 0.244 e. The lowest BCUT2D eigenvalue weighted by Crippen LogP contribution is -2.33. The van der Waals surface area contributed by atoms with Crippen LogP contribution in [0.1, 0.15) is 31.7 Å². The average Bonchev–Trinajstić information content (AvgIpc) is 3.00. The van der Waals surface area contributed by atoms with E-state index in [0.717, 1.165) is 12.2 Å². The Balaban J connectivity index is 1.84. The molecule has 5 heteroatoms. The number of rotatable bonds is 2. The van der Waals surface area contributed by atoms with Crippen LogP contribution in [0.15, 0.2) is 22.9 Å². The van der Waals surface area contributed by atoms with E-state index in [4.69, 9.17) is 4.52 Å². The van der Waals surface area contributed by atoms with Crippen molar-refractivity contribution in [2.45, 2.75) is 25.8 Å². The van der Waals surface area contributed by atoms with Crippen LogP contribution in [0.2, 0.25) is 0 Å². The first-order valence-electron chi connectivity index (χ1n) is 6.05. The summed E-state index contributed by atoms with van der Waals surface area (Å²) in [4.78, 5) is 7.53. The van der Waals surface area contributed by atoms with Crippen LogP contribution in [-0.2, 0) is 0 Å². The molecule has 1 saturated heterocycles. The third kappa shape index (κ3) is 1.98. The van der Waals surface area contributed by atoms with Crippen molar-refractivity contribution in [2.24, 2.45) is 5.92 Å². The second-order valence-electron chi connectivity index (χ2n) is 4.59. The Bertz CT molecular complexity index is 476. The van der Waals surface area contributed by atoms with Gasteiger partial charge in [0.15, 0.2) is 0 Å². The van der Waals surface area contributed by atoms with Crippen LogP contribution < -0.4 is 5.32 Å². The fourth-order valence-corrected chi connectivity index (χ4v) is 2.32. The maximum Gasteiger partial charge on any atom is 0.244 e. The number of H-pyrrole nitrogens is 1. The number of nitrogens with one attached hydrogen (secondary N) is 2. The lowest BCUT2D eigenvalue weighted by atomic mass is 9.93. The first-order chi connectivity index (χ1) is 8.34. The van der Waals surface area contributed by atoms with Gasteiger partial charge in [-0.3, -0.25) is 0 Å². The maximum atomic E-state index is 5.35. The normalized spacial score (nSPS) is 25.0. The molecule has 2 atom stereocenters. The number of hydrogen-bond acceptors (Lipinski definition) is 4. The average molecular weight is 232 g/mol. The van der Waals surface area contributed by atoms with Gasteiger partial charge < -0.3 is 14.8 Å². The van der Waals surface area contributed by atoms with Gasteiger partial charge in [0.2, 0.25) is 11.7 Å². The summed E-state index contributed by atoms with van der Waals surface area (Å²) < 4.78 is 5.35. The number of aromatic amines is 1. The molecule has 3 heterocycles. The van der Waals surface area contributed by atoms with Gasteiger partial charge in [-0.25, -0.2) is 0 Å². The van der Waals surface area contributed by atoms with E-state index in [1.807, 2.05) is 18.3 Å². The van der Waals surface area contributed by atoms with Crippen LogP contribution in [0.25, 0.3) is 11.5 Å². The van der Waals surface area contributed by atoms with Crippen LogP contribution in [0.3, 0.4) is 0 Å². The topological polar surface area (TPSA) is 66.7 Å². The first-order valence-corrected chi connectivity index (χ1v) is 6.05. The molecule has 2 aromatic rings. The summed E-state index contributed by atoms with van der Waals surface area (Å²) in [7, 11) is 0. The van der Waals surface area contributed by atoms with E-state index in [2.05, 4.69) is 27.4 Å². The van der Waals surface area contributed by atoms with Crippen molar-refractivity contribution < 1.29 is 4.52 Å². The summed E-state index contributed by atoms with van der Waals surface area (Å²) in [5.74, 6) is 1.87. The van der Waals surface area contributed by atoms with E-state index >= 15 is 0 Å². The Labute approximate surface area is 99.6 Å². The van der Waals surface area contributed by atoms with E-state index in [1.165, 1.54) is 12.8 Å². The van der Waals surface area contributed by atoms with Crippen molar-refractivity contribution in [3.05, 3.63) is 24.2 Å². The second kappa shape index (κ2) is 4.33. The van der Waals surface area contributed by atoms with Crippen LogP contribution in [0.4, 0.5) is 0 Å². The molecule has 0 aliphatic carbocycles. The quantitative estimate of drug-likeness (QED) is 0.832. The van der Waals surface area contributed by atoms with E-state index in [1.54, 1.807) is 0 Å². The van der Waals surface area contributed by atoms with Crippen molar-refractivity contribution >= 4 is 0 Å². The standard InChI is InChI=1S/C12H16N4O/c1-8-4-2-7-14-10(8)12-15-11(16-17-12)9-5-3-6-13-9/h3,5-6,8,10,13-14H,2,4,7H2,1H3. The first kappa shape index (κ1) is 10.5. The molecule has 3 rings (SSSR count). The minimum atomic E-state index is 0.194. The zero-order chi connectivity index (χ0) is 11.7. The van der Waals surface area contributed by atoms with Gasteiger partial charge in [-0.15, -0.1) is 0 Å². The number of hydrogen-bond donors (Lipinski definition) is 2. The fraction of sp³-hybridized carbons (Fsp3) is 0.500. The predicted molar refractivity (Wildman–Crippen MR) is 63.2 cm³/mol. The summed E-state index contributed by atoms with van der Waals surface area (Å²) >= 11 is 0. The molecule has 2 N–H and O–H groups in total. The molecule has 90 valence electrons. The molecule has 0 saturated carbocycles. The van der Waals surface area contributed by atoms with Gasteiger partial charge in [0.25, 0.3) is 0 Å². The Morgan fingerprint density at radius 1 is 1.47 bits per heavy atom. The molecule has 5 nitrogen and oxygen atoms in total. The van der Waals surface area contributed by atoms with Gasteiger partial charge >= 0.3 is 0 Å². The van der Waals surface area contributed by atoms with Gasteiger partial charge in [0.1, 0.15) is 0 Å². The SMILES string of the molecule is CC1CCCNC1c1nc(-c2ccc[nH]2)no1. The van der Waals surface area contributed by atoms with Crippen LogP contribution in [0.5, 0.6) is 0 Å². The summed E-state index contributed by atoms with van der Waals surface area (Å²) in [6.45, 7) is 3.24. The van der Waals surface area contributed by atoms with Gasteiger partial charge in [-0.1, -0.05) is 12.1 Å². The predicted octanol–water partition coefficient (Wildman–Crippen LogP) is 2.13. The molecular formula is C12H16N4O. The highest BCUT2D eigenvalue weighted by atomic mass is 16.5. The van der Waals surface area contributed by atoms with Crippen molar-refractivity contribution in [1.82, 2.24) is 20.4 Å². The number of nitrogens with zero attached hydrogens (tertiary/aromatic N) is 2. The van der Waals surface area contributed by atoms with Crippen molar-refractivity contribution in [2.75, 3.05) is 6.54 Å². The molecular weight excluding hydrogens is 216 g/mol. The lowest BCUT2D eigenvalue weighted by Gasteiger charge is -2.26. The van der Waals surface area contributed by atoms with E-state index in [0.29, 0.717) is 17.6 Å². The van der Waals surface area contributed by atoms with E-state index in [-0.39, 0.29) is 6.04 Å². The molecule has 0 spiro atoms. The molecule has 1 fully saturated rings.